The van der Waals surface area contributed by atoms with Crippen molar-refractivity contribution in [3.05, 3.63) is 73.4 Å². The number of hydrogen-bond acceptors (Lipinski definition) is 6. The summed E-state index contributed by atoms with van der Waals surface area (Å²) in [6, 6.07) is 8.75. The molecule has 0 spiro atoms. The highest BCUT2D eigenvalue weighted by Crippen LogP contribution is 2.38. The van der Waals surface area contributed by atoms with Gasteiger partial charge in [-0.05, 0) is 23.6 Å². The molecule has 0 amide bonds. The zero-order chi connectivity index (χ0) is 22.4. The van der Waals surface area contributed by atoms with E-state index in [4.69, 9.17) is 0 Å². The van der Waals surface area contributed by atoms with Crippen LogP contribution in [-0.4, -0.2) is 30.3 Å². The zero-order valence-electron chi connectivity index (χ0n) is 17.2. The van der Waals surface area contributed by atoms with Crippen molar-refractivity contribution in [2.24, 2.45) is 13.0 Å². The molecule has 0 saturated carbocycles. The molecule has 8 nitrogen and oxygen atoms in total. The summed E-state index contributed by atoms with van der Waals surface area (Å²) in [4.78, 5) is 42.5. The normalized spacial score (nSPS) is 12.7. The van der Waals surface area contributed by atoms with E-state index >= 15 is 0 Å². The Bertz CT molecular complexity index is 1440. The number of fused-ring (bicyclic) bond motifs is 2. The number of aliphatic hydroxyl groups is 1. The van der Waals surface area contributed by atoms with E-state index in [0.717, 1.165) is 15.9 Å². The molecule has 4 rings (SSSR count). The third-order valence-corrected chi connectivity index (χ3v) is 6.45. The van der Waals surface area contributed by atoms with Crippen molar-refractivity contribution in [1.82, 2.24) is 14.1 Å². The van der Waals surface area contributed by atoms with Gasteiger partial charge < -0.3 is 10.2 Å². The van der Waals surface area contributed by atoms with Gasteiger partial charge in [-0.15, -0.1) is 11.3 Å². The van der Waals surface area contributed by atoms with E-state index < -0.39 is 23.3 Å². The molecule has 0 aliphatic carbocycles. The van der Waals surface area contributed by atoms with Crippen molar-refractivity contribution in [2.75, 3.05) is 0 Å². The average Bonchev–Trinajstić information content (AvgIpc) is 3.15. The summed E-state index contributed by atoms with van der Waals surface area (Å²) >= 11 is 0.968. The maximum Gasteiger partial charge on any atom is 0.337 e. The summed E-state index contributed by atoms with van der Waals surface area (Å²) in [6.45, 7) is 4.17. The number of nitrogens with zero attached hydrogens (tertiary/aromatic N) is 3. The van der Waals surface area contributed by atoms with Crippen molar-refractivity contribution in [1.29, 1.82) is 0 Å². The van der Waals surface area contributed by atoms with E-state index in [2.05, 4.69) is 4.98 Å². The molecule has 0 saturated heterocycles. The molecular weight excluding hydrogens is 418 g/mol. The highest BCUT2D eigenvalue weighted by Gasteiger charge is 2.30. The Morgan fingerprint density at radius 2 is 1.94 bits per heavy atom. The third kappa shape index (κ3) is 3.35. The lowest BCUT2D eigenvalue weighted by molar-refractivity contribution is 0.0694. The van der Waals surface area contributed by atoms with E-state index in [9.17, 15) is 24.6 Å². The van der Waals surface area contributed by atoms with Gasteiger partial charge in [-0.3, -0.25) is 18.9 Å². The van der Waals surface area contributed by atoms with E-state index in [1.807, 2.05) is 13.8 Å². The molecule has 0 radical (unpaired) electrons. The molecule has 1 unspecified atom stereocenters. The van der Waals surface area contributed by atoms with Crippen molar-refractivity contribution in [3.63, 3.8) is 0 Å². The van der Waals surface area contributed by atoms with Gasteiger partial charge in [-0.1, -0.05) is 32.0 Å². The van der Waals surface area contributed by atoms with Crippen LogP contribution < -0.4 is 11.2 Å². The summed E-state index contributed by atoms with van der Waals surface area (Å²) in [5.74, 6) is -1.24. The number of thiophene rings is 1. The smallest absolute Gasteiger partial charge is 0.337 e. The molecule has 1 atom stereocenters. The Kier molecular flexibility index (Phi) is 5.24. The average molecular weight is 439 g/mol. The molecule has 4 aromatic rings. The quantitative estimate of drug-likeness (QED) is 0.494. The van der Waals surface area contributed by atoms with Gasteiger partial charge in [0.2, 0.25) is 0 Å². The summed E-state index contributed by atoms with van der Waals surface area (Å²) in [5, 5.41) is 21.8. The van der Waals surface area contributed by atoms with Crippen LogP contribution in [-0.2, 0) is 13.6 Å². The van der Waals surface area contributed by atoms with Crippen molar-refractivity contribution in [2.45, 2.75) is 26.5 Å². The maximum absolute atomic E-state index is 12.9. The van der Waals surface area contributed by atoms with Crippen LogP contribution >= 0.6 is 11.3 Å². The SMILES string of the molecule is CC(C)Cn1c(=O)n(C)c(=O)c2c(C(=O)O)c(C(O)c3cccc4ncccc34)sc21. The minimum absolute atomic E-state index is 0.0624. The van der Waals surface area contributed by atoms with Gasteiger partial charge in [-0.25, -0.2) is 9.59 Å². The Morgan fingerprint density at radius 1 is 1.19 bits per heavy atom. The van der Waals surface area contributed by atoms with Crippen molar-refractivity contribution < 1.29 is 15.0 Å². The first-order valence-corrected chi connectivity index (χ1v) is 10.5. The molecule has 160 valence electrons. The van der Waals surface area contributed by atoms with Gasteiger partial charge in [0.05, 0.1) is 21.3 Å². The monoisotopic (exact) mass is 439 g/mol. The van der Waals surface area contributed by atoms with Gasteiger partial charge in [0.25, 0.3) is 5.56 Å². The Labute approximate surface area is 180 Å². The highest BCUT2D eigenvalue weighted by molar-refractivity contribution is 7.19. The maximum atomic E-state index is 12.9. The molecule has 0 bridgehead atoms. The van der Waals surface area contributed by atoms with E-state index in [1.165, 1.54) is 11.6 Å². The predicted molar refractivity (Wildman–Crippen MR) is 119 cm³/mol. The minimum atomic E-state index is -1.33. The molecular formula is C22H21N3O5S. The second-order valence-electron chi connectivity index (χ2n) is 7.80. The second-order valence-corrected chi connectivity index (χ2v) is 8.83. The van der Waals surface area contributed by atoms with E-state index in [1.54, 1.807) is 36.5 Å². The predicted octanol–water partition coefficient (Wildman–Crippen LogP) is 2.75. The largest absolute Gasteiger partial charge is 0.478 e. The highest BCUT2D eigenvalue weighted by atomic mass is 32.1. The summed E-state index contributed by atoms with van der Waals surface area (Å²) in [5.41, 5.74) is -0.336. The van der Waals surface area contributed by atoms with E-state index in [-0.39, 0.29) is 26.6 Å². The van der Waals surface area contributed by atoms with Crippen LogP contribution in [0.1, 0.15) is 40.8 Å². The minimum Gasteiger partial charge on any atom is -0.478 e. The van der Waals surface area contributed by atoms with Gasteiger partial charge in [0, 0.05) is 25.2 Å². The molecule has 3 aromatic heterocycles. The number of carbonyl (C=O) groups is 1. The summed E-state index contributed by atoms with van der Waals surface area (Å²) in [6.07, 6.45) is 0.332. The molecule has 31 heavy (non-hydrogen) atoms. The van der Waals surface area contributed by atoms with Crippen LogP contribution in [0.2, 0.25) is 0 Å². The van der Waals surface area contributed by atoms with Gasteiger partial charge in [0.15, 0.2) is 0 Å². The number of aromatic carboxylic acids is 1. The third-order valence-electron chi connectivity index (χ3n) is 5.18. The van der Waals surface area contributed by atoms with Crippen LogP contribution in [0.3, 0.4) is 0 Å². The lowest BCUT2D eigenvalue weighted by Crippen LogP contribution is -2.38. The number of aromatic nitrogens is 3. The number of aliphatic hydroxyl groups excluding tert-OH is 1. The standard InChI is InChI=1S/C22H21N3O5S/c1-11(2)10-25-20-16(19(27)24(3)22(25)30)15(21(28)29)18(31-20)17(26)13-6-4-8-14-12(13)7-5-9-23-14/h4-9,11,17,26H,10H2,1-3H3,(H,28,29). The van der Waals surface area contributed by atoms with Crippen LogP contribution in [0.15, 0.2) is 46.1 Å². The molecule has 2 N–H and O–H groups in total. The number of benzene rings is 1. The van der Waals surface area contributed by atoms with Gasteiger partial charge in [-0.2, -0.15) is 0 Å². The topological polar surface area (TPSA) is 114 Å². The Hall–Kier alpha value is -3.30. The fourth-order valence-corrected chi connectivity index (χ4v) is 5.08. The first-order valence-electron chi connectivity index (χ1n) is 9.73. The lowest BCUT2D eigenvalue weighted by atomic mass is 9.99. The molecule has 3 heterocycles. The number of hydrogen-bond donors (Lipinski definition) is 2. The van der Waals surface area contributed by atoms with Gasteiger partial charge >= 0.3 is 11.7 Å². The zero-order valence-corrected chi connectivity index (χ0v) is 18.0. The number of carboxylic acids is 1. The second kappa shape index (κ2) is 7.75. The summed E-state index contributed by atoms with van der Waals surface area (Å²) < 4.78 is 2.33. The molecule has 0 aliphatic heterocycles. The number of pyridine rings is 1. The molecule has 0 aliphatic rings. The van der Waals surface area contributed by atoms with Crippen LogP contribution in [0.4, 0.5) is 0 Å². The Balaban J connectivity index is 2.08. The van der Waals surface area contributed by atoms with Crippen LogP contribution in [0.25, 0.3) is 21.1 Å². The molecule has 9 heteroatoms. The fraction of sp³-hybridized carbons (Fsp3) is 0.273. The lowest BCUT2D eigenvalue weighted by Gasteiger charge is -2.13. The fourth-order valence-electron chi connectivity index (χ4n) is 3.79. The first-order chi connectivity index (χ1) is 14.7. The van der Waals surface area contributed by atoms with Crippen LogP contribution in [0.5, 0.6) is 0 Å². The Morgan fingerprint density at radius 3 is 2.61 bits per heavy atom. The molecule has 1 aromatic carbocycles. The number of rotatable bonds is 5. The van der Waals surface area contributed by atoms with Crippen LogP contribution in [0, 0.1) is 5.92 Å². The van der Waals surface area contributed by atoms with Crippen molar-refractivity contribution >= 4 is 38.4 Å². The first kappa shape index (κ1) is 21.0. The van der Waals surface area contributed by atoms with Gasteiger partial charge in [0.1, 0.15) is 10.9 Å². The van der Waals surface area contributed by atoms with Crippen molar-refractivity contribution in [3.8, 4) is 0 Å². The number of carboxylic acid groups (broad SMARTS) is 1. The van der Waals surface area contributed by atoms with E-state index in [0.29, 0.717) is 23.0 Å². The summed E-state index contributed by atoms with van der Waals surface area (Å²) in [7, 11) is 1.33. The molecule has 0 fully saturated rings.